The first kappa shape index (κ1) is 14.8. The Kier molecular flexibility index (Phi) is 4.48. The Morgan fingerprint density at radius 3 is 2.74 bits per heavy atom. The average Bonchev–Trinajstić information content (AvgIpc) is 2.38. The fourth-order valence-electron chi connectivity index (χ4n) is 2.72. The van der Waals surface area contributed by atoms with Crippen LogP contribution in [-0.2, 0) is 9.84 Å². The van der Waals surface area contributed by atoms with Crippen LogP contribution in [0.25, 0.3) is 0 Å². The summed E-state index contributed by atoms with van der Waals surface area (Å²) < 4.78 is 23.3. The third-order valence-corrected chi connectivity index (χ3v) is 5.73. The number of sulfone groups is 1. The maximum atomic E-state index is 11.7. The highest BCUT2D eigenvalue weighted by molar-refractivity contribution is 7.91. The van der Waals surface area contributed by atoms with Crippen molar-refractivity contribution >= 4 is 21.4 Å². The van der Waals surface area contributed by atoms with Gasteiger partial charge < -0.3 is 5.73 Å². The minimum atomic E-state index is -2.98. The minimum absolute atomic E-state index is 0.169. The molecule has 3 atom stereocenters. The Labute approximate surface area is 119 Å². The number of aromatic nitrogens is 1. The molecule has 0 spiro atoms. The molecule has 0 aliphatic heterocycles. The van der Waals surface area contributed by atoms with Gasteiger partial charge in [0.15, 0.2) is 0 Å². The van der Waals surface area contributed by atoms with Crippen molar-refractivity contribution in [1.82, 2.24) is 4.98 Å². The van der Waals surface area contributed by atoms with Crippen LogP contribution in [-0.4, -0.2) is 24.9 Å². The highest BCUT2D eigenvalue weighted by Gasteiger charge is 2.32. The molecule has 1 aliphatic carbocycles. The summed E-state index contributed by atoms with van der Waals surface area (Å²) in [4.78, 5) is 4.23. The van der Waals surface area contributed by atoms with Crippen LogP contribution in [0.3, 0.4) is 0 Å². The molecule has 19 heavy (non-hydrogen) atoms. The highest BCUT2D eigenvalue weighted by Crippen LogP contribution is 2.35. The first-order chi connectivity index (χ1) is 8.88. The fraction of sp³-hybridized carbons (Fsp3) is 0.615. The molecule has 6 heteroatoms. The summed E-state index contributed by atoms with van der Waals surface area (Å²) in [6.45, 7) is 0. The van der Waals surface area contributed by atoms with E-state index in [1.807, 2.05) is 6.07 Å². The van der Waals surface area contributed by atoms with E-state index in [2.05, 4.69) is 4.98 Å². The van der Waals surface area contributed by atoms with Crippen LogP contribution in [0.5, 0.6) is 0 Å². The Morgan fingerprint density at radius 2 is 2.16 bits per heavy atom. The summed E-state index contributed by atoms with van der Waals surface area (Å²) in [5.74, 6) is 0.169. The standard InChI is InChI=1S/C13H19ClN2O2S/c1-19(17,18)11-4-2-3-9(7-11)13(15)12-6-5-10(14)8-16-12/h5-6,8-9,11,13H,2-4,7,15H2,1H3. The lowest BCUT2D eigenvalue weighted by atomic mass is 9.82. The lowest BCUT2D eigenvalue weighted by Gasteiger charge is -2.31. The summed E-state index contributed by atoms with van der Waals surface area (Å²) in [6, 6.07) is 3.36. The second-order valence-corrected chi connectivity index (χ2v) is 8.07. The summed E-state index contributed by atoms with van der Waals surface area (Å²) >= 11 is 5.80. The number of nitrogens with two attached hydrogens (primary N) is 1. The predicted octanol–water partition coefficient (Wildman–Crippen LogP) is 2.34. The molecule has 0 bridgehead atoms. The predicted molar refractivity (Wildman–Crippen MR) is 76.8 cm³/mol. The maximum Gasteiger partial charge on any atom is 0.150 e. The number of hydrogen-bond donors (Lipinski definition) is 1. The molecule has 4 nitrogen and oxygen atoms in total. The van der Waals surface area contributed by atoms with E-state index < -0.39 is 9.84 Å². The van der Waals surface area contributed by atoms with E-state index >= 15 is 0 Å². The molecule has 1 fully saturated rings. The van der Waals surface area contributed by atoms with E-state index in [1.165, 1.54) is 6.26 Å². The van der Waals surface area contributed by atoms with Crippen molar-refractivity contribution in [3.05, 3.63) is 29.0 Å². The van der Waals surface area contributed by atoms with E-state index in [-0.39, 0.29) is 17.2 Å². The zero-order valence-electron chi connectivity index (χ0n) is 10.9. The molecule has 1 aromatic rings. The molecule has 0 saturated heterocycles. The van der Waals surface area contributed by atoms with Gasteiger partial charge in [-0.1, -0.05) is 18.0 Å². The second kappa shape index (κ2) is 5.77. The summed E-state index contributed by atoms with van der Waals surface area (Å²) in [7, 11) is -2.98. The largest absolute Gasteiger partial charge is 0.322 e. The van der Waals surface area contributed by atoms with Crippen molar-refractivity contribution in [2.75, 3.05) is 6.26 Å². The fourth-order valence-corrected chi connectivity index (χ4v) is 4.03. The normalized spacial score (nSPS) is 26.1. The van der Waals surface area contributed by atoms with Gasteiger partial charge in [-0.2, -0.15) is 0 Å². The summed E-state index contributed by atoms with van der Waals surface area (Å²) in [6.07, 6.45) is 6.13. The number of hydrogen-bond acceptors (Lipinski definition) is 4. The van der Waals surface area contributed by atoms with Crippen molar-refractivity contribution in [2.24, 2.45) is 11.7 Å². The van der Waals surface area contributed by atoms with Crippen LogP contribution >= 0.6 is 11.6 Å². The minimum Gasteiger partial charge on any atom is -0.322 e. The first-order valence-corrected chi connectivity index (χ1v) is 8.77. The van der Waals surface area contributed by atoms with Crippen molar-refractivity contribution in [3.8, 4) is 0 Å². The molecular formula is C13H19ClN2O2S. The summed E-state index contributed by atoms with van der Waals surface area (Å²) in [5, 5.41) is 0.318. The molecule has 1 aromatic heterocycles. The number of nitrogens with zero attached hydrogens (tertiary/aromatic N) is 1. The van der Waals surface area contributed by atoms with Crippen LogP contribution in [0.1, 0.15) is 37.4 Å². The lowest BCUT2D eigenvalue weighted by Crippen LogP contribution is -2.33. The number of pyridine rings is 1. The van der Waals surface area contributed by atoms with Gasteiger partial charge in [-0.15, -0.1) is 0 Å². The monoisotopic (exact) mass is 302 g/mol. The quantitative estimate of drug-likeness (QED) is 0.930. The van der Waals surface area contributed by atoms with Gasteiger partial charge in [0.25, 0.3) is 0 Å². The van der Waals surface area contributed by atoms with E-state index in [0.29, 0.717) is 11.4 Å². The van der Waals surface area contributed by atoms with Gasteiger partial charge in [0.1, 0.15) is 9.84 Å². The zero-order chi connectivity index (χ0) is 14.0. The average molecular weight is 303 g/mol. The van der Waals surface area contributed by atoms with Crippen molar-refractivity contribution in [2.45, 2.75) is 37.0 Å². The van der Waals surface area contributed by atoms with Crippen LogP contribution in [0.2, 0.25) is 5.02 Å². The smallest absolute Gasteiger partial charge is 0.150 e. The third-order valence-electron chi connectivity index (χ3n) is 3.87. The van der Waals surface area contributed by atoms with Gasteiger partial charge in [-0.3, -0.25) is 4.98 Å². The van der Waals surface area contributed by atoms with E-state index in [1.54, 1.807) is 12.3 Å². The van der Waals surface area contributed by atoms with Gasteiger partial charge in [-0.25, -0.2) is 8.42 Å². The molecule has 1 heterocycles. The number of rotatable bonds is 3. The van der Waals surface area contributed by atoms with Gasteiger partial charge in [0.05, 0.1) is 16.0 Å². The van der Waals surface area contributed by atoms with Crippen LogP contribution < -0.4 is 5.73 Å². The second-order valence-electron chi connectivity index (χ2n) is 5.31. The molecule has 0 amide bonds. The SMILES string of the molecule is CS(=O)(=O)C1CCCC(C(N)c2ccc(Cl)cn2)C1. The van der Waals surface area contributed by atoms with E-state index in [9.17, 15) is 8.42 Å². The molecule has 1 aliphatic rings. The van der Waals surface area contributed by atoms with E-state index in [0.717, 1.165) is 25.0 Å². The van der Waals surface area contributed by atoms with Crippen molar-refractivity contribution in [1.29, 1.82) is 0 Å². The molecule has 1 saturated carbocycles. The Bertz CT molecular complexity index is 530. The molecule has 0 aromatic carbocycles. The molecule has 106 valence electrons. The maximum absolute atomic E-state index is 11.7. The summed E-state index contributed by atoms with van der Waals surface area (Å²) in [5.41, 5.74) is 7.01. The van der Waals surface area contributed by atoms with Gasteiger partial charge in [-0.05, 0) is 37.3 Å². The third kappa shape index (κ3) is 3.68. The lowest BCUT2D eigenvalue weighted by molar-refractivity contribution is 0.305. The van der Waals surface area contributed by atoms with Crippen LogP contribution in [0, 0.1) is 5.92 Å². The molecule has 3 unspecified atom stereocenters. The Balaban J connectivity index is 2.11. The van der Waals surface area contributed by atoms with Crippen molar-refractivity contribution < 1.29 is 8.42 Å². The highest BCUT2D eigenvalue weighted by atomic mass is 35.5. The number of halogens is 1. The Hall–Kier alpha value is -0.650. The first-order valence-electron chi connectivity index (χ1n) is 6.44. The molecule has 2 N–H and O–H groups in total. The van der Waals surface area contributed by atoms with Gasteiger partial charge in [0, 0.05) is 18.5 Å². The molecule has 2 rings (SSSR count). The molecule has 0 radical (unpaired) electrons. The topological polar surface area (TPSA) is 73.0 Å². The van der Waals surface area contributed by atoms with E-state index in [4.69, 9.17) is 17.3 Å². The Morgan fingerprint density at radius 1 is 1.42 bits per heavy atom. The van der Waals surface area contributed by atoms with Crippen LogP contribution in [0.15, 0.2) is 18.3 Å². The van der Waals surface area contributed by atoms with Crippen LogP contribution in [0.4, 0.5) is 0 Å². The van der Waals surface area contributed by atoms with Gasteiger partial charge >= 0.3 is 0 Å². The van der Waals surface area contributed by atoms with Gasteiger partial charge in [0.2, 0.25) is 0 Å². The van der Waals surface area contributed by atoms with Crippen molar-refractivity contribution in [3.63, 3.8) is 0 Å². The molecular weight excluding hydrogens is 284 g/mol. The zero-order valence-corrected chi connectivity index (χ0v) is 12.5.